The van der Waals surface area contributed by atoms with Crippen LogP contribution in [0.1, 0.15) is 11.3 Å². The average molecular weight is 368 g/mol. The highest BCUT2D eigenvalue weighted by Gasteiger charge is 2.23. The number of carbonyl (C=O) groups excluding carboxylic acids is 1. The van der Waals surface area contributed by atoms with Crippen LogP contribution in [-0.2, 0) is 17.7 Å². The number of carbonyl (C=O) groups is 1. The molecule has 3 rings (SSSR count). The second-order valence-electron chi connectivity index (χ2n) is 6.02. The van der Waals surface area contributed by atoms with Crippen LogP contribution in [0.2, 0.25) is 0 Å². The summed E-state index contributed by atoms with van der Waals surface area (Å²) in [7, 11) is 0. The fourth-order valence-electron chi connectivity index (χ4n) is 2.68. The molecule has 27 heavy (non-hydrogen) atoms. The van der Waals surface area contributed by atoms with Gasteiger partial charge in [0.25, 0.3) is 0 Å². The van der Waals surface area contributed by atoms with Crippen LogP contribution in [0.5, 0.6) is 0 Å². The van der Waals surface area contributed by atoms with Gasteiger partial charge in [-0.25, -0.2) is 9.79 Å². The molecule has 0 atom stereocenters. The summed E-state index contributed by atoms with van der Waals surface area (Å²) >= 11 is 0. The Labute approximate surface area is 158 Å². The lowest BCUT2D eigenvalue weighted by molar-refractivity contribution is 0.181. The first kappa shape index (κ1) is 18.6. The quantitative estimate of drug-likeness (QED) is 0.425. The number of nitrogens with one attached hydrogen (secondary N) is 2. The molecule has 1 aliphatic heterocycles. The van der Waals surface area contributed by atoms with Crippen LogP contribution in [0.3, 0.4) is 0 Å². The third-order valence-electron chi connectivity index (χ3n) is 4.09. The van der Waals surface area contributed by atoms with Crippen molar-refractivity contribution in [2.24, 2.45) is 4.99 Å². The van der Waals surface area contributed by atoms with Crippen molar-refractivity contribution in [2.45, 2.75) is 13.0 Å². The van der Waals surface area contributed by atoms with Gasteiger partial charge in [0.15, 0.2) is 5.96 Å². The van der Waals surface area contributed by atoms with E-state index in [1.165, 1.54) is 0 Å². The number of anilines is 1. The highest BCUT2D eigenvalue weighted by Crippen LogP contribution is 2.19. The van der Waals surface area contributed by atoms with E-state index < -0.39 is 0 Å². The summed E-state index contributed by atoms with van der Waals surface area (Å²) in [5.41, 5.74) is 1.89. The van der Waals surface area contributed by atoms with Gasteiger partial charge >= 0.3 is 6.09 Å². The molecule has 7 heteroatoms. The Morgan fingerprint density at radius 3 is 2.78 bits per heavy atom. The first-order valence-corrected chi connectivity index (χ1v) is 8.95. The Hall–Kier alpha value is -3.22. The van der Waals surface area contributed by atoms with E-state index in [-0.39, 0.29) is 6.09 Å². The zero-order valence-electron chi connectivity index (χ0n) is 15.2. The minimum absolute atomic E-state index is 0.294. The van der Waals surface area contributed by atoms with Crippen LogP contribution in [0.15, 0.2) is 64.7 Å². The molecule has 1 fully saturated rings. The smallest absolute Gasteiger partial charge is 0.414 e. The molecule has 1 aliphatic rings. The number of hydrogen-bond donors (Lipinski definition) is 2. The molecule has 0 spiro atoms. The first-order chi connectivity index (χ1) is 13.3. The average Bonchev–Trinajstić information content (AvgIpc) is 3.35. The molecule has 0 radical (unpaired) electrons. The molecule has 1 saturated heterocycles. The van der Waals surface area contributed by atoms with Crippen LogP contribution < -0.4 is 15.5 Å². The summed E-state index contributed by atoms with van der Waals surface area (Å²) in [4.78, 5) is 17.8. The zero-order valence-corrected chi connectivity index (χ0v) is 15.2. The molecule has 1 aromatic heterocycles. The maximum atomic E-state index is 11.6. The molecule has 7 nitrogen and oxygen atoms in total. The highest BCUT2D eigenvalue weighted by molar-refractivity contribution is 5.89. The van der Waals surface area contributed by atoms with Gasteiger partial charge in [-0.2, -0.15) is 0 Å². The fourth-order valence-corrected chi connectivity index (χ4v) is 2.68. The van der Waals surface area contributed by atoms with Crippen LogP contribution >= 0.6 is 0 Å². The summed E-state index contributed by atoms with van der Waals surface area (Å²) in [5.74, 6) is 1.65. The van der Waals surface area contributed by atoms with Gasteiger partial charge in [0.2, 0.25) is 0 Å². The van der Waals surface area contributed by atoms with Gasteiger partial charge in [-0.3, -0.25) is 4.90 Å². The largest absolute Gasteiger partial charge is 0.469 e. The third-order valence-corrected chi connectivity index (χ3v) is 4.09. The van der Waals surface area contributed by atoms with Crippen LogP contribution in [0, 0.1) is 0 Å². The van der Waals surface area contributed by atoms with E-state index in [0.717, 1.165) is 23.4 Å². The van der Waals surface area contributed by atoms with Crippen molar-refractivity contribution < 1.29 is 13.9 Å². The molecular weight excluding hydrogens is 344 g/mol. The van der Waals surface area contributed by atoms with Gasteiger partial charge in [-0.1, -0.05) is 18.2 Å². The van der Waals surface area contributed by atoms with Crippen molar-refractivity contribution in [3.05, 3.63) is 66.6 Å². The molecule has 2 heterocycles. The lowest BCUT2D eigenvalue weighted by Crippen LogP contribution is -2.38. The summed E-state index contributed by atoms with van der Waals surface area (Å²) in [6, 6.07) is 11.6. The zero-order chi connectivity index (χ0) is 18.9. The molecule has 0 saturated carbocycles. The molecule has 2 aromatic rings. The van der Waals surface area contributed by atoms with Gasteiger partial charge in [-0.05, 0) is 29.8 Å². The summed E-state index contributed by atoms with van der Waals surface area (Å²) in [5, 5.41) is 6.49. The second-order valence-corrected chi connectivity index (χ2v) is 6.02. The van der Waals surface area contributed by atoms with E-state index in [4.69, 9.17) is 9.15 Å². The number of rotatable bonds is 8. The van der Waals surface area contributed by atoms with E-state index in [1.807, 2.05) is 36.4 Å². The van der Waals surface area contributed by atoms with Gasteiger partial charge in [0, 0.05) is 25.2 Å². The van der Waals surface area contributed by atoms with Crippen LogP contribution in [0.4, 0.5) is 10.5 Å². The third kappa shape index (κ3) is 5.37. The lowest BCUT2D eigenvalue weighted by atomic mass is 10.2. The molecule has 142 valence electrons. The molecule has 1 amide bonds. The number of benzene rings is 1. The minimum atomic E-state index is -0.294. The number of amides is 1. The van der Waals surface area contributed by atoms with Crippen LogP contribution in [0.25, 0.3) is 0 Å². The van der Waals surface area contributed by atoms with E-state index >= 15 is 0 Å². The van der Waals surface area contributed by atoms with Gasteiger partial charge in [0.1, 0.15) is 12.4 Å². The number of hydrogen-bond acceptors (Lipinski definition) is 4. The summed E-state index contributed by atoms with van der Waals surface area (Å²) in [6.07, 6.45) is 3.94. The van der Waals surface area contributed by atoms with Gasteiger partial charge in [0.05, 0.1) is 19.4 Å². The molecule has 1 aromatic carbocycles. The number of furan rings is 1. The highest BCUT2D eigenvalue weighted by atomic mass is 16.6. The summed E-state index contributed by atoms with van der Waals surface area (Å²) in [6.45, 7) is 6.62. The molecule has 2 N–H and O–H groups in total. The molecule has 0 aliphatic carbocycles. The van der Waals surface area contributed by atoms with E-state index in [1.54, 1.807) is 17.2 Å². The van der Waals surface area contributed by atoms with Crippen molar-refractivity contribution in [1.82, 2.24) is 10.6 Å². The fraction of sp³-hybridized carbons (Fsp3) is 0.300. The maximum absolute atomic E-state index is 11.6. The van der Waals surface area contributed by atoms with Crippen molar-refractivity contribution >= 4 is 17.7 Å². The standard InChI is InChI=1S/C20H24N4O3/c1-2-10-21-19(22-11-9-18-4-3-13-26-18)23-15-16-5-7-17(8-6-16)24-12-14-27-20(24)25/h2-8,13H,1,9-12,14-15H2,(H2,21,22,23). The topological polar surface area (TPSA) is 79.1 Å². The number of cyclic esters (lactones) is 1. The SMILES string of the molecule is C=CCNC(=NCc1ccc(N2CCOC2=O)cc1)NCCc1ccco1. The van der Waals surface area contributed by atoms with Crippen molar-refractivity contribution in [2.75, 3.05) is 31.1 Å². The Balaban J connectivity index is 1.55. The Bertz CT molecular complexity index is 769. The first-order valence-electron chi connectivity index (χ1n) is 8.95. The van der Waals surface area contributed by atoms with E-state index in [9.17, 15) is 4.79 Å². The summed E-state index contributed by atoms with van der Waals surface area (Å²) < 4.78 is 10.3. The number of guanidine groups is 1. The number of aliphatic imine (C=N–C) groups is 1. The van der Waals surface area contributed by atoms with Crippen molar-refractivity contribution in [1.29, 1.82) is 0 Å². The normalized spacial score (nSPS) is 14.1. The maximum Gasteiger partial charge on any atom is 0.414 e. The Kier molecular flexibility index (Phi) is 6.51. The number of nitrogens with zero attached hydrogens (tertiary/aromatic N) is 2. The molecule has 0 bridgehead atoms. The molecule has 0 unspecified atom stereocenters. The second kappa shape index (κ2) is 9.47. The van der Waals surface area contributed by atoms with E-state index in [0.29, 0.717) is 38.7 Å². The Morgan fingerprint density at radius 2 is 2.11 bits per heavy atom. The monoisotopic (exact) mass is 368 g/mol. The van der Waals surface area contributed by atoms with Gasteiger partial charge < -0.3 is 19.8 Å². The molecular formula is C20H24N4O3. The predicted octanol–water partition coefficient (Wildman–Crippen LogP) is 2.70. The van der Waals surface area contributed by atoms with Crippen molar-refractivity contribution in [3.63, 3.8) is 0 Å². The number of ether oxygens (including phenoxy) is 1. The Morgan fingerprint density at radius 1 is 1.26 bits per heavy atom. The van der Waals surface area contributed by atoms with E-state index in [2.05, 4.69) is 22.2 Å². The van der Waals surface area contributed by atoms with Crippen molar-refractivity contribution in [3.8, 4) is 0 Å². The van der Waals surface area contributed by atoms with Crippen LogP contribution in [-0.4, -0.2) is 38.3 Å². The lowest BCUT2D eigenvalue weighted by Gasteiger charge is -2.13. The minimum Gasteiger partial charge on any atom is -0.469 e. The predicted molar refractivity (Wildman–Crippen MR) is 105 cm³/mol. The van der Waals surface area contributed by atoms with Gasteiger partial charge in [-0.15, -0.1) is 6.58 Å².